The number of ether oxygens (including phenoxy) is 1. The predicted molar refractivity (Wildman–Crippen MR) is 123 cm³/mol. The van der Waals surface area contributed by atoms with Crippen LogP contribution in [0.5, 0.6) is 0 Å². The molecule has 1 saturated heterocycles. The van der Waals surface area contributed by atoms with Gasteiger partial charge < -0.3 is 20.4 Å². The Bertz CT molecular complexity index is 1110. The van der Waals surface area contributed by atoms with Crippen LogP contribution in [0.2, 0.25) is 0 Å². The summed E-state index contributed by atoms with van der Waals surface area (Å²) in [6.45, 7) is 9.82. The van der Waals surface area contributed by atoms with E-state index in [4.69, 9.17) is 4.74 Å². The molecular weight excluding hydrogens is 438 g/mol. The van der Waals surface area contributed by atoms with Crippen molar-refractivity contribution < 1.29 is 17.9 Å². The summed E-state index contributed by atoms with van der Waals surface area (Å²) in [7, 11) is -0.429. The molecule has 1 aliphatic heterocycles. The molecule has 0 bridgehead atoms. The van der Waals surface area contributed by atoms with Crippen LogP contribution in [0, 0.1) is 0 Å². The Morgan fingerprint density at radius 2 is 2.03 bits per heavy atom. The normalized spacial score (nSPS) is 19.3. The largest absolute Gasteiger partial charge is 0.419 e. The van der Waals surface area contributed by atoms with Crippen molar-refractivity contribution in [1.82, 2.24) is 20.3 Å². The van der Waals surface area contributed by atoms with E-state index < -0.39 is 19.7 Å². The molecule has 1 atom stereocenters. The lowest BCUT2D eigenvalue weighted by Crippen LogP contribution is -2.45. The van der Waals surface area contributed by atoms with Crippen LogP contribution in [-0.2, 0) is 10.9 Å². The minimum atomic E-state index is -4.58. The zero-order valence-corrected chi connectivity index (χ0v) is 19.4. The third kappa shape index (κ3) is 4.75. The van der Waals surface area contributed by atoms with Crippen LogP contribution in [0.3, 0.4) is 0 Å². The van der Waals surface area contributed by atoms with Crippen LogP contribution in [0.25, 0.3) is 22.2 Å². The Labute approximate surface area is 186 Å². The van der Waals surface area contributed by atoms with E-state index in [1.807, 2.05) is 32.0 Å². The molecule has 0 spiro atoms. The Morgan fingerprint density at radius 3 is 2.75 bits per heavy atom. The lowest BCUT2D eigenvalue weighted by atomic mass is 10.1. The Balaban J connectivity index is 1.74. The summed E-state index contributed by atoms with van der Waals surface area (Å²) in [5.41, 5.74) is 0.0810. The van der Waals surface area contributed by atoms with Gasteiger partial charge in [-0.3, -0.25) is 0 Å². The maximum atomic E-state index is 13.8. The van der Waals surface area contributed by atoms with Gasteiger partial charge in [-0.1, -0.05) is 26.1 Å². The van der Waals surface area contributed by atoms with E-state index in [0.29, 0.717) is 25.3 Å². The van der Waals surface area contributed by atoms with E-state index in [0.717, 1.165) is 22.4 Å². The number of para-hydroxylation sites is 1. The van der Waals surface area contributed by atoms with Crippen molar-refractivity contribution in [3.63, 3.8) is 0 Å². The van der Waals surface area contributed by atoms with E-state index >= 15 is 0 Å². The molecule has 2 aromatic heterocycles. The topological polar surface area (TPSA) is 74.9 Å². The molecule has 172 valence electrons. The molecule has 1 aromatic carbocycles. The second-order valence-corrected chi connectivity index (χ2v) is 11.1. The van der Waals surface area contributed by atoms with E-state index in [-0.39, 0.29) is 23.2 Å². The van der Waals surface area contributed by atoms with Gasteiger partial charge in [-0.25, -0.2) is 9.97 Å². The molecular formula is C22H27F3N5OP. The number of aromatic nitrogens is 3. The van der Waals surface area contributed by atoms with Crippen LogP contribution in [0.15, 0.2) is 30.6 Å². The number of nitrogens with one attached hydrogen (secondary N) is 3. The highest BCUT2D eigenvalue weighted by Gasteiger charge is 2.36. The molecule has 0 aliphatic carbocycles. The maximum absolute atomic E-state index is 13.8. The quantitative estimate of drug-likeness (QED) is 0.504. The highest BCUT2D eigenvalue weighted by molar-refractivity contribution is 7.64. The summed E-state index contributed by atoms with van der Waals surface area (Å²) in [5.74, 6) is 0.141. The Morgan fingerprint density at radius 1 is 1.25 bits per heavy atom. The van der Waals surface area contributed by atoms with E-state index in [1.165, 1.54) is 0 Å². The van der Waals surface area contributed by atoms with Gasteiger partial charge in [-0.05, 0) is 32.5 Å². The molecule has 3 aromatic rings. The average Bonchev–Trinajstić information content (AvgIpc) is 3.07. The van der Waals surface area contributed by atoms with Gasteiger partial charge in [0, 0.05) is 35.4 Å². The summed E-state index contributed by atoms with van der Waals surface area (Å²) < 4.78 is 47.2. The number of nitrogens with zero attached hydrogens (tertiary/aromatic N) is 2. The van der Waals surface area contributed by atoms with Gasteiger partial charge in [0.1, 0.15) is 5.56 Å². The zero-order chi connectivity index (χ0) is 23.1. The number of fused-ring (bicyclic) bond motifs is 1. The van der Waals surface area contributed by atoms with Gasteiger partial charge in [0.15, 0.2) is 0 Å². The molecule has 3 heterocycles. The monoisotopic (exact) mass is 465 g/mol. The van der Waals surface area contributed by atoms with Gasteiger partial charge >= 0.3 is 6.18 Å². The molecule has 3 N–H and O–H groups in total. The van der Waals surface area contributed by atoms with Crippen molar-refractivity contribution >= 4 is 30.1 Å². The lowest BCUT2D eigenvalue weighted by molar-refractivity contribution is -0.137. The second kappa shape index (κ2) is 8.61. The van der Waals surface area contributed by atoms with Crippen LogP contribution < -0.4 is 15.9 Å². The van der Waals surface area contributed by atoms with Crippen molar-refractivity contribution in [3.05, 3.63) is 36.2 Å². The first-order valence-electron chi connectivity index (χ1n) is 10.4. The predicted octanol–water partition coefficient (Wildman–Crippen LogP) is 4.19. The summed E-state index contributed by atoms with van der Waals surface area (Å²) in [4.78, 5) is 11.5. The van der Waals surface area contributed by atoms with E-state index in [2.05, 4.69) is 38.9 Å². The van der Waals surface area contributed by atoms with Crippen molar-refractivity contribution in [2.45, 2.75) is 31.6 Å². The SMILES string of the molecule is CP(C)c1cccc2c(-c3nc(NC4CNC(C)(C)COC4)ncc3C(F)(F)F)c[nH]c12. The Hall–Kier alpha value is -2.22. The number of hydrogen-bond donors (Lipinski definition) is 3. The van der Waals surface area contributed by atoms with Crippen molar-refractivity contribution in [2.24, 2.45) is 0 Å². The standard InChI is InChI=1S/C22H27F3N5OP/c1-21(2)12-31-11-13(8-28-21)29-20-27-10-16(22(23,24)25)18(30-20)15-9-26-19-14(15)6-5-7-17(19)32(3)4/h5-7,9-10,13,26,28H,8,11-12H2,1-4H3,(H,27,29,30). The third-order valence-corrected chi connectivity index (χ3v) is 6.80. The van der Waals surface area contributed by atoms with E-state index in [1.54, 1.807) is 6.20 Å². The van der Waals surface area contributed by atoms with Crippen molar-refractivity contribution in [2.75, 3.05) is 38.4 Å². The summed E-state index contributed by atoms with van der Waals surface area (Å²) in [6.07, 6.45) is -2.11. The molecule has 32 heavy (non-hydrogen) atoms. The van der Waals surface area contributed by atoms with Crippen LogP contribution in [-0.4, -0.2) is 59.6 Å². The third-order valence-electron chi connectivity index (χ3n) is 5.47. The highest BCUT2D eigenvalue weighted by Crippen LogP contribution is 2.39. The van der Waals surface area contributed by atoms with Gasteiger partial charge in [-0.15, -0.1) is 0 Å². The average molecular weight is 465 g/mol. The number of aromatic amines is 1. The number of rotatable bonds is 4. The summed E-state index contributed by atoms with van der Waals surface area (Å²) in [5, 5.41) is 8.34. The first-order chi connectivity index (χ1) is 15.0. The summed E-state index contributed by atoms with van der Waals surface area (Å²) >= 11 is 0. The first-order valence-corrected chi connectivity index (χ1v) is 12.6. The number of H-pyrrole nitrogens is 1. The molecule has 10 heteroatoms. The lowest BCUT2D eigenvalue weighted by Gasteiger charge is -2.23. The fraction of sp³-hybridized carbons (Fsp3) is 0.455. The minimum Gasteiger partial charge on any atom is -0.377 e. The molecule has 1 unspecified atom stereocenters. The molecule has 0 saturated carbocycles. The highest BCUT2D eigenvalue weighted by atomic mass is 31.1. The number of halogens is 3. The van der Waals surface area contributed by atoms with Crippen molar-refractivity contribution in [1.29, 1.82) is 0 Å². The minimum absolute atomic E-state index is 0.141. The smallest absolute Gasteiger partial charge is 0.377 e. The molecule has 0 amide bonds. The van der Waals surface area contributed by atoms with Gasteiger partial charge in [0.2, 0.25) is 5.95 Å². The molecule has 0 radical (unpaired) electrons. The van der Waals surface area contributed by atoms with Gasteiger partial charge in [0.25, 0.3) is 0 Å². The van der Waals surface area contributed by atoms with Gasteiger partial charge in [0.05, 0.1) is 30.5 Å². The van der Waals surface area contributed by atoms with Gasteiger partial charge in [-0.2, -0.15) is 13.2 Å². The first kappa shape index (κ1) is 23.0. The number of benzene rings is 1. The number of anilines is 1. The number of alkyl halides is 3. The van der Waals surface area contributed by atoms with Crippen LogP contribution in [0.4, 0.5) is 19.1 Å². The molecule has 1 fully saturated rings. The van der Waals surface area contributed by atoms with Crippen molar-refractivity contribution in [3.8, 4) is 11.3 Å². The molecule has 1 aliphatic rings. The fourth-order valence-corrected chi connectivity index (χ4v) is 4.83. The van der Waals surface area contributed by atoms with Crippen LogP contribution in [0.1, 0.15) is 19.4 Å². The summed E-state index contributed by atoms with van der Waals surface area (Å²) in [6, 6.07) is 5.54. The molecule has 4 rings (SSSR count). The maximum Gasteiger partial charge on any atom is 0.419 e. The van der Waals surface area contributed by atoms with Crippen LogP contribution >= 0.6 is 7.92 Å². The second-order valence-electron chi connectivity index (χ2n) is 8.87. The number of hydrogen-bond acceptors (Lipinski definition) is 5. The fourth-order valence-electron chi connectivity index (χ4n) is 3.81. The Kier molecular flexibility index (Phi) is 6.18. The van der Waals surface area contributed by atoms with E-state index in [9.17, 15) is 13.2 Å². The molecule has 6 nitrogen and oxygen atoms in total. The zero-order valence-electron chi connectivity index (χ0n) is 18.5.